The number of likely N-dealkylation sites (tertiary alicyclic amines) is 1. The van der Waals surface area contributed by atoms with Gasteiger partial charge in [-0.2, -0.15) is 0 Å². The zero-order valence-electron chi connectivity index (χ0n) is 19.7. The Labute approximate surface area is 204 Å². The molecule has 2 unspecified atom stereocenters. The molecule has 1 aliphatic heterocycles. The van der Waals surface area contributed by atoms with E-state index in [4.69, 9.17) is 11.6 Å². The van der Waals surface area contributed by atoms with Crippen LogP contribution in [0.15, 0.2) is 18.2 Å². The molecule has 1 aromatic rings. The molecule has 0 bridgehead atoms. The molecule has 1 heterocycles. The summed E-state index contributed by atoms with van der Waals surface area (Å²) < 4.78 is 0. The molecule has 1 aliphatic carbocycles. The first-order chi connectivity index (χ1) is 16.2. The van der Waals surface area contributed by atoms with E-state index in [1.54, 1.807) is 4.90 Å². The van der Waals surface area contributed by atoms with Crippen molar-refractivity contribution in [1.82, 2.24) is 15.5 Å². The maximum atomic E-state index is 13.4. The molecule has 2 atom stereocenters. The molecule has 2 fully saturated rings. The van der Waals surface area contributed by atoms with E-state index in [-0.39, 0.29) is 46.0 Å². The van der Waals surface area contributed by atoms with Gasteiger partial charge in [-0.25, -0.2) is 0 Å². The minimum atomic E-state index is -0.807. The van der Waals surface area contributed by atoms with E-state index >= 15 is 0 Å². The predicted octanol–water partition coefficient (Wildman–Crippen LogP) is 3.69. The van der Waals surface area contributed by atoms with Gasteiger partial charge >= 0.3 is 0 Å². The van der Waals surface area contributed by atoms with Gasteiger partial charge in [0.15, 0.2) is 0 Å². The summed E-state index contributed by atoms with van der Waals surface area (Å²) in [6.07, 6.45) is 6.96. The van der Waals surface area contributed by atoms with E-state index in [9.17, 15) is 24.5 Å². The second kappa shape index (κ2) is 11.6. The summed E-state index contributed by atoms with van der Waals surface area (Å²) in [6, 6.07) is 3.01. The smallest absolute Gasteiger partial charge is 0.270 e. The molecule has 0 aromatic heterocycles. The van der Waals surface area contributed by atoms with Crippen molar-refractivity contribution < 1.29 is 19.3 Å². The molecule has 1 saturated carbocycles. The molecule has 0 radical (unpaired) electrons. The van der Waals surface area contributed by atoms with Gasteiger partial charge in [-0.3, -0.25) is 24.5 Å². The molecular formula is C24H33ClN4O5. The zero-order chi connectivity index (χ0) is 24.8. The highest BCUT2D eigenvalue weighted by Crippen LogP contribution is 2.24. The standard InChI is InChI=1S/C24H33ClN4O5/c1-15(2)21(27-23(31)19-11-10-18(29(33)34)13-20(19)25)24(32)28-12-6-7-16(14-28)22(30)26-17-8-4-3-5-9-17/h10-11,13,15-17,21H,3-9,12,14H2,1-2H3,(H,26,30)(H,27,31). The predicted molar refractivity (Wildman–Crippen MR) is 129 cm³/mol. The van der Waals surface area contributed by atoms with Gasteiger partial charge in [-0.1, -0.05) is 44.7 Å². The number of piperidine rings is 1. The van der Waals surface area contributed by atoms with Crippen LogP contribution in [-0.4, -0.2) is 52.7 Å². The Balaban J connectivity index is 1.64. The van der Waals surface area contributed by atoms with Crippen LogP contribution in [0.3, 0.4) is 0 Å². The van der Waals surface area contributed by atoms with E-state index in [1.807, 2.05) is 13.8 Å². The molecule has 3 amide bonds. The summed E-state index contributed by atoms with van der Waals surface area (Å²) in [7, 11) is 0. The van der Waals surface area contributed by atoms with Crippen LogP contribution in [0.5, 0.6) is 0 Å². The highest BCUT2D eigenvalue weighted by atomic mass is 35.5. The third kappa shape index (κ3) is 6.46. The fourth-order valence-electron chi connectivity index (χ4n) is 4.69. The minimum Gasteiger partial charge on any atom is -0.353 e. The third-order valence-corrected chi connectivity index (χ3v) is 7.00. The van der Waals surface area contributed by atoms with Crippen molar-refractivity contribution in [3.05, 3.63) is 38.9 Å². The number of non-ortho nitro benzene ring substituents is 1. The molecule has 1 saturated heterocycles. The van der Waals surface area contributed by atoms with Crippen molar-refractivity contribution in [1.29, 1.82) is 0 Å². The number of carbonyl (C=O) groups excluding carboxylic acids is 3. The van der Waals surface area contributed by atoms with Gasteiger partial charge in [0.2, 0.25) is 11.8 Å². The second-order valence-corrected chi connectivity index (χ2v) is 9.99. The lowest BCUT2D eigenvalue weighted by Gasteiger charge is -2.36. The SMILES string of the molecule is CC(C)C(NC(=O)c1ccc([N+](=O)[O-])cc1Cl)C(=O)N1CCCC(C(=O)NC2CCCCC2)C1. The van der Waals surface area contributed by atoms with Crippen molar-refractivity contribution >= 4 is 35.0 Å². The maximum Gasteiger partial charge on any atom is 0.270 e. The number of nitrogens with one attached hydrogen (secondary N) is 2. The van der Waals surface area contributed by atoms with E-state index in [1.165, 1.54) is 18.6 Å². The third-order valence-electron chi connectivity index (χ3n) is 6.68. The highest BCUT2D eigenvalue weighted by molar-refractivity contribution is 6.34. The van der Waals surface area contributed by atoms with E-state index in [2.05, 4.69) is 10.6 Å². The summed E-state index contributed by atoms with van der Waals surface area (Å²) in [5, 5.41) is 16.8. The average Bonchev–Trinajstić information content (AvgIpc) is 2.82. The Bertz CT molecular complexity index is 932. The van der Waals surface area contributed by atoms with Crippen LogP contribution in [-0.2, 0) is 9.59 Å². The van der Waals surface area contributed by atoms with Crippen molar-refractivity contribution in [2.24, 2.45) is 11.8 Å². The van der Waals surface area contributed by atoms with Crippen LogP contribution in [0.25, 0.3) is 0 Å². The van der Waals surface area contributed by atoms with Gasteiger partial charge in [0, 0.05) is 31.3 Å². The van der Waals surface area contributed by atoms with Crippen LogP contribution in [0.2, 0.25) is 5.02 Å². The Morgan fingerprint density at radius 2 is 1.82 bits per heavy atom. The number of rotatable bonds is 7. The Morgan fingerprint density at radius 3 is 2.44 bits per heavy atom. The molecule has 0 spiro atoms. The first-order valence-electron chi connectivity index (χ1n) is 12.0. The van der Waals surface area contributed by atoms with E-state index in [0.717, 1.165) is 44.6 Å². The first kappa shape index (κ1) is 25.9. The largest absolute Gasteiger partial charge is 0.353 e. The molecule has 2 N–H and O–H groups in total. The second-order valence-electron chi connectivity index (χ2n) is 9.58. The number of halogens is 1. The number of nitrogens with zero attached hydrogens (tertiary/aromatic N) is 2. The summed E-state index contributed by atoms with van der Waals surface area (Å²) in [5.74, 6) is -1.27. The van der Waals surface area contributed by atoms with E-state index in [0.29, 0.717) is 13.1 Å². The van der Waals surface area contributed by atoms with Crippen LogP contribution in [0, 0.1) is 22.0 Å². The van der Waals surface area contributed by atoms with Gasteiger partial charge in [0.25, 0.3) is 11.6 Å². The van der Waals surface area contributed by atoms with Gasteiger partial charge in [0.1, 0.15) is 6.04 Å². The van der Waals surface area contributed by atoms with Gasteiger partial charge in [-0.05, 0) is 37.7 Å². The number of carbonyl (C=O) groups is 3. The quantitative estimate of drug-likeness (QED) is 0.444. The number of nitro groups is 1. The van der Waals surface area contributed by atoms with Crippen molar-refractivity contribution in [3.63, 3.8) is 0 Å². The molecule has 2 aliphatic rings. The lowest BCUT2D eigenvalue weighted by atomic mass is 9.92. The molecule has 186 valence electrons. The lowest BCUT2D eigenvalue weighted by Crippen LogP contribution is -2.55. The summed E-state index contributed by atoms with van der Waals surface area (Å²) in [6.45, 7) is 4.52. The molecular weight excluding hydrogens is 460 g/mol. The number of nitro benzene ring substituents is 1. The minimum absolute atomic E-state index is 0.00666. The van der Waals surface area contributed by atoms with Gasteiger partial charge in [-0.15, -0.1) is 0 Å². The van der Waals surface area contributed by atoms with Crippen molar-refractivity contribution in [2.75, 3.05) is 13.1 Å². The van der Waals surface area contributed by atoms with Crippen LogP contribution in [0.4, 0.5) is 5.69 Å². The summed E-state index contributed by atoms with van der Waals surface area (Å²) >= 11 is 6.09. The molecule has 1 aromatic carbocycles. The Morgan fingerprint density at radius 1 is 1.12 bits per heavy atom. The monoisotopic (exact) mass is 492 g/mol. The Hall–Kier alpha value is -2.68. The van der Waals surface area contributed by atoms with Crippen molar-refractivity contribution in [2.45, 2.75) is 70.9 Å². The number of hydrogen-bond donors (Lipinski definition) is 2. The van der Waals surface area contributed by atoms with Crippen molar-refractivity contribution in [3.8, 4) is 0 Å². The normalized spacial score (nSPS) is 20.0. The van der Waals surface area contributed by atoms with Crippen LogP contribution >= 0.6 is 11.6 Å². The molecule has 10 heteroatoms. The fraction of sp³-hybridized carbons (Fsp3) is 0.625. The topological polar surface area (TPSA) is 122 Å². The first-order valence-corrected chi connectivity index (χ1v) is 12.4. The van der Waals surface area contributed by atoms with Crippen LogP contribution < -0.4 is 10.6 Å². The number of hydrogen-bond acceptors (Lipinski definition) is 5. The summed E-state index contributed by atoms with van der Waals surface area (Å²) in [5.41, 5.74) is -0.155. The zero-order valence-corrected chi connectivity index (χ0v) is 20.5. The van der Waals surface area contributed by atoms with Gasteiger partial charge < -0.3 is 15.5 Å². The lowest BCUT2D eigenvalue weighted by molar-refractivity contribution is -0.384. The Kier molecular flexibility index (Phi) is 8.88. The number of benzene rings is 1. The maximum absolute atomic E-state index is 13.4. The number of amides is 3. The van der Waals surface area contributed by atoms with E-state index < -0.39 is 16.9 Å². The van der Waals surface area contributed by atoms with Gasteiger partial charge in [0.05, 0.1) is 21.4 Å². The fourth-order valence-corrected chi connectivity index (χ4v) is 4.95. The highest BCUT2D eigenvalue weighted by Gasteiger charge is 2.35. The molecule has 34 heavy (non-hydrogen) atoms. The van der Waals surface area contributed by atoms with Crippen LogP contribution in [0.1, 0.15) is 69.2 Å². The molecule has 3 rings (SSSR count). The average molecular weight is 493 g/mol. The summed E-state index contributed by atoms with van der Waals surface area (Å²) in [4.78, 5) is 51.0. The molecule has 9 nitrogen and oxygen atoms in total.